The maximum absolute atomic E-state index is 11.2. The predicted octanol–water partition coefficient (Wildman–Crippen LogP) is 4.38. The Kier molecular flexibility index (Phi) is 8.31. The molecular weight excluding hydrogens is 442 g/mol. The van der Waals surface area contributed by atoms with Crippen LogP contribution in [-0.4, -0.2) is 58.8 Å². The van der Waals surface area contributed by atoms with E-state index < -0.39 is 5.60 Å². The summed E-state index contributed by atoms with van der Waals surface area (Å²) in [6.07, 6.45) is 6.03. The third kappa shape index (κ3) is 6.99. The van der Waals surface area contributed by atoms with Gasteiger partial charge in [0, 0.05) is 25.5 Å². The van der Waals surface area contributed by atoms with Crippen molar-refractivity contribution in [3.05, 3.63) is 71.5 Å². The van der Waals surface area contributed by atoms with Gasteiger partial charge < -0.3 is 19.3 Å². The lowest BCUT2D eigenvalue weighted by Gasteiger charge is -2.27. The molecular formula is C28H37N3O4. The van der Waals surface area contributed by atoms with Crippen molar-refractivity contribution in [2.45, 2.75) is 51.8 Å². The summed E-state index contributed by atoms with van der Waals surface area (Å²) in [6, 6.07) is 14.2. The number of aromatic nitrogens is 2. The Balaban J connectivity index is 1.32. The van der Waals surface area contributed by atoms with Crippen molar-refractivity contribution in [2.75, 3.05) is 33.4 Å². The van der Waals surface area contributed by atoms with Crippen LogP contribution in [0, 0.1) is 13.8 Å². The fraction of sp³-hybridized carbons (Fsp3) is 0.464. The largest absolute Gasteiger partial charge is 0.493 e. The SMILES string of the molecule is COc1ccc(CN2CCC[C@](O)(COc3ccc(C)cc3C)CC2)cc1OCCn1cccn1. The van der Waals surface area contributed by atoms with Crippen molar-refractivity contribution in [3.63, 3.8) is 0 Å². The summed E-state index contributed by atoms with van der Waals surface area (Å²) in [4.78, 5) is 2.39. The lowest BCUT2D eigenvalue weighted by atomic mass is 9.96. The Labute approximate surface area is 208 Å². The van der Waals surface area contributed by atoms with E-state index in [0.717, 1.165) is 60.9 Å². The predicted molar refractivity (Wildman–Crippen MR) is 136 cm³/mol. The van der Waals surface area contributed by atoms with E-state index in [1.165, 1.54) is 5.56 Å². The van der Waals surface area contributed by atoms with Gasteiger partial charge in [-0.2, -0.15) is 5.10 Å². The van der Waals surface area contributed by atoms with Crippen LogP contribution < -0.4 is 14.2 Å². The van der Waals surface area contributed by atoms with Crippen LogP contribution >= 0.6 is 0 Å². The molecule has 1 saturated heterocycles. The third-order valence-electron chi connectivity index (χ3n) is 6.61. The van der Waals surface area contributed by atoms with Crippen molar-refractivity contribution < 1.29 is 19.3 Å². The van der Waals surface area contributed by atoms with Crippen LogP contribution in [-0.2, 0) is 13.1 Å². The van der Waals surface area contributed by atoms with Gasteiger partial charge in [-0.3, -0.25) is 9.58 Å². The van der Waals surface area contributed by atoms with Crippen LogP contribution in [0.1, 0.15) is 36.0 Å². The van der Waals surface area contributed by atoms with Gasteiger partial charge >= 0.3 is 0 Å². The molecule has 4 rings (SSSR count). The van der Waals surface area contributed by atoms with Crippen LogP contribution in [0.25, 0.3) is 0 Å². The zero-order chi connectivity index (χ0) is 24.7. The van der Waals surface area contributed by atoms with Gasteiger partial charge in [-0.05, 0) is 75.0 Å². The van der Waals surface area contributed by atoms with E-state index in [4.69, 9.17) is 14.2 Å². The quantitative estimate of drug-likeness (QED) is 0.465. The first-order valence-electron chi connectivity index (χ1n) is 12.4. The van der Waals surface area contributed by atoms with Crippen LogP contribution in [0.3, 0.4) is 0 Å². The average molecular weight is 480 g/mol. The molecule has 3 aromatic rings. The number of likely N-dealkylation sites (tertiary alicyclic amines) is 1. The Morgan fingerprint density at radius 2 is 1.86 bits per heavy atom. The average Bonchev–Trinajstić information content (AvgIpc) is 3.29. The molecule has 0 unspecified atom stereocenters. The number of ether oxygens (including phenoxy) is 3. The first kappa shape index (κ1) is 25.1. The molecule has 1 fully saturated rings. The van der Waals surface area contributed by atoms with Crippen molar-refractivity contribution in [1.82, 2.24) is 14.7 Å². The summed E-state index contributed by atoms with van der Waals surface area (Å²) in [5, 5.41) is 15.4. The molecule has 7 nitrogen and oxygen atoms in total. The molecule has 1 N–H and O–H groups in total. The summed E-state index contributed by atoms with van der Waals surface area (Å²) in [5.41, 5.74) is 2.67. The van der Waals surface area contributed by atoms with Gasteiger partial charge in [0.2, 0.25) is 0 Å². The molecule has 0 bridgehead atoms. The monoisotopic (exact) mass is 479 g/mol. The molecule has 35 heavy (non-hydrogen) atoms. The smallest absolute Gasteiger partial charge is 0.161 e. The van der Waals surface area contributed by atoms with Crippen LogP contribution in [0.5, 0.6) is 17.2 Å². The highest BCUT2D eigenvalue weighted by Crippen LogP contribution is 2.30. The highest BCUT2D eigenvalue weighted by molar-refractivity contribution is 5.43. The molecule has 2 heterocycles. The summed E-state index contributed by atoms with van der Waals surface area (Å²) in [5.74, 6) is 2.32. The molecule has 1 aliphatic rings. The summed E-state index contributed by atoms with van der Waals surface area (Å²) in [6.45, 7) is 8.18. The second-order valence-corrected chi connectivity index (χ2v) is 9.51. The van der Waals surface area contributed by atoms with Gasteiger partial charge in [0.15, 0.2) is 11.5 Å². The summed E-state index contributed by atoms with van der Waals surface area (Å²) >= 11 is 0. The van der Waals surface area contributed by atoms with E-state index in [1.54, 1.807) is 13.3 Å². The number of aryl methyl sites for hydroxylation is 2. The Bertz CT molecular complexity index is 1090. The van der Waals surface area contributed by atoms with Crippen molar-refractivity contribution in [3.8, 4) is 17.2 Å². The molecule has 0 saturated carbocycles. The third-order valence-corrected chi connectivity index (χ3v) is 6.61. The first-order chi connectivity index (χ1) is 16.9. The number of rotatable bonds is 10. The van der Waals surface area contributed by atoms with E-state index in [1.807, 2.05) is 42.1 Å². The van der Waals surface area contributed by atoms with E-state index in [0.29, 0.717) is 26.2 Å². The normalized spacial score (nSPS) is 18.7. The lowest BCUT2D eigenvalue weighted by Crippen LogP contribution is -2.37. The van der Waals surface area contributed by atoms with Gasteiger partial charge in [0.25, 0.3) is 0 Å². The zero-order valence-electron chi connectivity index (χ0n) is 21.1. The second kappa shape index (κ2) is 11.6. The summed E-state index contributed by atoms with van der Waals surface area (Å²) < 4.78 is 19.4. The molecule has 0 spiro atoms. The number of nitrogens with zero attached hydrogens (tertiary/aromatic N) is 3. The molecule has 1 aliphatic heterocycles. The molecule has 0 radical (unpaired) electrons. The topological polar surface area (TPSA) is 69.0 Å². The maximum atomic E-state index is 11.2. The highest BCUT2D eigenvalue weighted by atomic mass is 16.5. The Morgan fingerprint density at radius 3 is 2.63 bits per heavy atom. The molecule has 0 amide bonds. The number of hydrogen-bond acceptors (Lipinski definition) is 6. The molecule has 2 aromatic carbocycles. The van der Waals surface area contributed by atoms with Crippen molar-refractivity contribution in [2.24, 2.45) is 0 Å². The second-order valence-electron chi connectivity index (χ2n) is 9.51. The van der Waals surface area contributed by atoms with Gasteiger partial charge in [0.1, 0.15) is 19.0 Å². The fourth-order valence-corrected chi connectivity index (χ4v) is 4.58. The van der Waals surface area contributed by atoms with E-state index in [-0.39, 0.29) is 0 Å². The number of methoxy groups -OCH3 is 1. The van der Waals surface area contributed by atoms with E-state index in [9.17, 15) is 5.11 Å². The number of hydrogen-bond donors (Lipinski definition) is 1. The minimum absolute atomic E-state index is 0.321. The fourth-order valence-electron chi connectivity index (χ4n) is 4.58. The molecule has 0 aliphatic carbocycles. The molecule has 1 aromatic heterocycles. The minimum Gasteiger partial charge on any atom is -0.493 e. The highest BCUT2D eigenvalue weighted by Gasteiger charge is 2.31. The standard InChI is InChI=1S/C28H37N3O4/c1-22-6-8-25(23(2)18-22)35-21-28(32)10-4-13-30(15-11-28)20-24-7-9-26(33-3)27(19-24)34-17-16-31-14-5-12-29-31/h5-9,12,14,18-19,32H,4,10-11,13,15-17,20-21H2,1-3H3/t28-/m1/s1. The lowest BCUT2D eigenvalue weighted by molar-refractivity contribution is -0.0170. The molecule has 7 heteroatoms. The maximum Gasteiger partial charge on any atom is 0.161 e. The van der Waals surface area contributed by atoms with Gasteiger partial charge in [-0.1, -0.05) is 23.8 Å². The van der Waals surface area contributed by atoms with E-state index in [2.05, 4.69) is 35.1 Å². The van der Waals surface area contributed by atoms with Crippen molar-refractivity contribution >= 4 is 0 Å². The van der Waals surface area contributed by atoms with E-state index >= 15 is 0 Å². The zero-order valence-corrected chi connectivity index (χ0v) is 21.1. The van der Waals surface area contributed by atoms with Crippen LogP contribution in [0.2, 0.25) is 0 Å². The molecule has 188 valence electrons. The Hall–Kier alpha value is -3.03. The number of benzene rings is 2. The van der Waals surface area contributed by atoms with Crippen LogP contribution in [0.15, 0.2) is 54.9 Å². The van der Waals surface area contributed by atoms with Gasteiger partial charge in [0.05, 0.1) is 19.3 Å². The number of aliphatic hydroxyl groups is 1. The van der Waals surface area contributed by atoms with Crippen LogP contribution in [0.4, 0.5) is 0 Å². The Morgan fingerprint density at radius 1 is 1.00 bits per heavy atom. The first-order valence-corrected chi connectivity index (χ1v) is 12.4. The summed E-state index contributed by atoms with van der Waals surface area (Å²) in [7, 11) is 1.66. The van der Waals surface area contributed by atoms with Crippen molar-refractivity contribution in [1.29, 1.82) is 0 Å². The van der Waals surface area contributed by atoms with Gasteiger partial charge in [-0.25, -0.2) is 0 Å². The minimum atomic E-state index is -0.813. The molecule has 1 atom stereocenters. The van der Waals surface area contributed by atoms with Gasteiger partial charge in [-0.15, -0.1) is 0 Å².